The van der Waals surface area contributed by atoms with Gasteiger partial charge in [0.15, 0.2) is 0 Å². The fourth-order valence-electron chi connectivity index (χ4n) is 10.7. The second kappa shape index (κ2) is 64.9. The van der Waals surface area contributed by atoms with Crippen LogP contribution < -0.4 is 5.32 Å². The van der Waals surface area contributed by atoms with Crippen LogP contribution in [-0.2, 0) is 14.3 Å². The number of rotatable bonds is 64. The van der Waals surface area contributed by atoms with Gasteiger partial charge in [0.25, 0.3) is 0 Å². The van der Waals surface area contributed by atoms with Gasteiger partial charge >= 0.3 is 5.97 Å². The Morgan fingerprint density at radius 3 is 0.973 bits per heavy atom. The van der Waals surface area contributed by atoms with Gasteiger partial charge < -0.3 is 20.3 Å². The summed E-state index contributed by atoms with van der Waals surface area (Å²) in [6, 6.07) is -0.626. The van der Waals surface area contributed by atoms with Crippen molar-refractivity contribution in [1.82, 2.24) is 5.32 Å². The molecule has 0 aromatic rings. The van der Waals surface area contributed by atoms with Crippen molar-refractivity contribution in [3.8, 4) is 0 Å². The molecule has 0 heterocycles. The van der Waals surface area contributed by atoms with E-state index in [0.29, 0.717) is 19.4 Å². The highest BCUT2D eigenvalue weighted by atomic mass is 16.5. The molecule has 75 heavy (non-hydrogen) atoms. The molecule has 0 bridgehead atoms. The molecule has 0 aromatic carbocycles. The molecule has 6 nitrogen and oxygen atoms in total. The lowest BCUT2D eigenvalue weighted by Gasteiger charge is -2.20. The van der Waals surface area contributed by atoms with Gasteiger partial charge in [-0.3, -0.25) is 9.59 Å². The van der Waals surface area contributed by atoms with E-state index in [2.05, 4.69) is 31.3 Å². The molecule has 0 aliphatic heterocycles. The maximum atomic E-state index is 12.5. The molecular weight excluding hydrogens is 923 g/mol. The van der Waals surface area contributed by atoms with E-state index in [4.69, 9.17) is 4.74 Å². The maximum Gasteiger partial charge on any atom is 0.305 e. The first-order valence-corrected chi connectivity index (χ1v) is 34.1. The van der Waals surface area contributed by atoms with E-state index in [1.54, 1.807) is 6.08 Å². The van der Waals surface area contributed by atoms with Gasteiger partial charge in [-0.25, -0.2) is 0 Å². The zero-order chi connectivity index (χ0) is 54.3. The third kappa shape index (κ3) is 61.4. The molecule has 0 saturated heterocycles. The Balaban J connectivity index is 3.38. The molecule has 0 rings (SSSR count). The molecule has 3 N–H and O–H groups in total. The quantitative estimate of drug-likeness (QED) is 0.0320. The lowest BCUT2D eigenvalue weighted by Crippen LogP contribution is -2.45. The van der Waals surface area contributed by atoms with Gasteiger partial charge in [-0.1, -0.05) is 334 Å². The van der Waals surface area contributed by atoms with Gasteiger partial charge in [0.2, 0.25) is 5.91 Å². The number of amides is 1. The number of aliphatic hydroxyl groups is 2. The first kappa shape index (κ1) is 73.3. The standard InChI is InChI=1S/C69H133NO5/c1-3-5-7-9-11-13-15-17-18-19-29-32-35-38-41-45-49-53-57-61-67(72)66(65-71)70-68(73)62-58-54-50-46-42-39-36-33-30-27-25-23-21-20-22-24-26-28-31-34-37-40-44-48-52-56-60-64-75-69(74)63-59-55-51-47-43-16-14-12-10-8-6-4-2/h12,14,57,61,66-67,71-72H,3-11,13,15-56,58-60,62-65H2,1-2H3,(H,70,73)/b14-12-,61-57+. The van der Waals surface area contributed by atoms with Gasteiger partial charge in [-0.05, 0) is 57.8 Å². The number of aliphatic hydroxyl groups excluding tert-OH is 2. The predicted octanol–water partition coefficient (Wildman–Crippen LogP) is 21.8. The lowest BCUT2D eigenvalue weighted by molar-refractivity contribution is -0.143. The van der Waals surface area contributed by atoms with Crippen LogP contribution in [0.3, 0.4) is 0 Å². The van der Waals surface area contributed by atoms with E-state index in [1.165, 1.54) is 308 Å². The number of carbonyl (C=O) groups excluding carboxylic acids is 2. The van der Waals surface area contributed by atoms with Crippen molar-refractivity contribution in [1.29, 1.82) is 0 Å². The molecule has 0 saturated carbocycles. The number of esters is 1. The largest absolute Gasteiger partial charge is 0.466 e. The van der Waals surface area contributed by atoms with Crippen LogP contribution in [0.1, 0.15) is 380 Å². The Bertz CT molecular complexity index is 1170. The highest BCUT2D eigenvalue weighted by Gasteiger charge is 2.18. The first-order valence-electron chi connectivity index (χ1n) is 34.1. The van der Waals surface area contributed by atoms with Crippen LogP contribution in [0.5, 0.6) is 0 Å². The van der Waals surface area contributed by atoms with E-state index in [9.17, 15) is 19.8 Å². The Labute approximate surface area is 469 Å². The second-order valence-electron chi connectivity index (χ2n) is 23.5. The molecule has 1 amide bonds. The Kier molecular flexibility index (Phi) is 63.4. The van der Waals surface area contributed by atoms with Crippen LogP contribution >= 0.6 is 0 Å². The molecule has 6 heteroatoms. The van der Waals surface area contributed by atoms with E-state index in [1.807, 2.05) is 6.08 Å². The number of allylic oxidation sites excluding steroid dienone is 3. The number of unbranched alkanes of at least 4 members (excludes halogenated alkanes) is 51. The number of carbonyl (C=O) groups is 2. The highest BCUT2D eigenvalue weighted by Crippen LogP contribution is 2.19. The molecule has 444 valence electrons. The van der Waals surface area contributed by atoms with E-state index in [-0.39, 0.29) is 18.5 Å². The number of hydrogen-bond acceptors (Lipinski definition) is 5. The summed E-state index contributed by atoms with van der Waals surface area (Å²) < 4.78 is 5.47. The van der Waals surface area contributed by atoms with Gasteiger partial charge in [-0.2, -0.15) is 0 Å². The minimum atomic E-state index is -0.843. The molecule has 0 spiro atoms. The van der Waals surface area contributed by atoms with E-state index >= 15 is 0 Å². The highest BCUT2D eigenvalue weighted by molar-refractivity contribution is 5.76. The van der Waals surface area contributed by atoms with Crippen LogP contribution in [0, 0.1) is 0 Å². The molecule has 0 aromatic heterocycles. The summed E-state index contributed by atoms with van der Waals surface area (Å²) in [5.41, 5.74) is 0. The molecule has 2 unspecified atom stereocenters. The van der Waals surface area contributed by atoms with Crippen molar-refractivity contribution in [2.24, 2.45) is 0 Å². The summed E-state index contributed by atoms with van der Waals surface area (Å²) in [6.45, 7) is 4.91. The summed E-state index contributed by atoms with van der Waals surface area (Å²) in [5.74, 6) is -0.0537. The lowest BCUT2D eigenvalue weighted by atomic mass is 10.0. The second-order valence-corrected chi connectivity index (χ2v) is 23.5. The minimum Gasteiger partial charge on any atom is -0.466 e. The van der Waals surface area contributed by atoms with Crippen molar-refractivity contribution in [2.45, 2.75) is 392 Å². The fraction of sp³-hybridized carbons (Fsp3) is 0.913. The Hall–Kier alpha value is -1.66. The van der Waals surface area contributed by atoms with E-state index in [0.717, 1.165) is 44.9 Å². The van der Waals surface area contributed by atoms with Gasteiger partial charge in [-0.15, -0.1) is 0 Å². The summed E-state index contributed by atoms with van der Waals surface area (Å²) in [4.78, 5) is 24.5. The molecule has 0 aliphatic rings. The Morgan fingerprint density at radius 1 is 0.360 bits per heavy atom. The Morgan fingerprint density at radius 2 is 0.627 bits per heavy atom. The van der Waals surface area contributed by atoms with Gasteiger partial charge in [0.05, 0.1) is 25.4 Å². The fourth-order valence-corrected chi connectivity index (χ4v) is 10.7. The van der Waals surface area contributed by atoms with E-state index < -0.39 is 12.1 Å². The number of ether oxygens (including phenoxy) is 1. The number of hydrogen-bond donors (Lipinski definition) is 3. The molecular formula is C69H133NO5. The molecule has 0 fully saturated rings. The topological polar surface area (TPSA) is 95.9 Å². The van der Waals surface area contributed by atoms with Crippen molar-refractivity contribution < 1.29 is 24.5 Å². The minimum absolute atomic E-state index is 0.00806. The molecule has 2 atom stereocenters. The average Bonchev–Trinajstić information content (AvgIpc) is 3.41. The number of nitrogens with one attached hydrogen (secondary N) is 1. The molecule has 0 aliphatic carbocycles. The zero-order valence-corrected chi connectivity index (χ0v) is 50.8. The summed E-state index contributed by atoms with van der Waals surface area (Å²) >= 11 is 0. The van der Waals surface area contributed by atoms with Crippen LogP contribution in [0.4, 0.5) is 0 Å². The van der Waals surface area contributed by atoms with Crippen molar-refractivity contribution >= 4 is 11.9 Å². The van der Waals surface area contributed by atoms with Gasteiger partial charge in [0, 0.05) is 12.8 Å². The van der Waals surface area contributed by atoms with Crippen LogP contribution in [0.2, 0.25) is 0 Å². The normalized spacial score (nSPS) is 12.6. The third-order valence-electron chi connectivity index (χ3n) is 16.0. The van der Waals surface area contributed by atoms with Crippen LogP contribution in [0.25, 0.3) is 0 Å². The maximum absolute atomic E-state index is 12.5. The SMILES string of the molecule is CCCCC/C=C\CCCCCCCC(=O)OCCCCCCCCCCCCCCCCCCCCCCCCCCCCCC(=O)NC(CO)C(O)/C=C/CCCCCCCCCCCCCCCCCCC. The summed E-state index contributed by atoms with van der Waals surface area (Å²) in [6.07, 6.45) is 81.0. The first-order chi connectivity index (χ1) is 37.0. The van der Waals surface area contributed by atoms with Crippen LogP contribution in [0.15, 0.2) is 24.3 Å². The van der Waals surface area contributed by atoms with Crippen LogP contribution in [-0.4, -0.2) is 47.4 Å². The smallest absolute Gasteiger partial charge is 0.305 e. The zero-order valence-electron chi connectivity index (χ0n) is 50.8. The monoisotopic (exact) mass is 1060 g/mol. The predicted molar refractivity (Wildman–Crippen MR) is 329 cm³/mol. The third-order valence-corrected chi connectivity index (χ3v) is 16.0. The van der Waals surface area contributed by atoms with Crippen molar-refractivity contribution in [3.05, 3.63) is 24.3 Å². The van der Waals surface area contributed by atoms with Gasteiger partial charge in [0.1, 0.15) is 0 Å². The molecule has 0 radical (unpaired) electrons. The summed E-state index contributed by atoms with van der Waals surface area (Å²) in [5, 5.41) is 23.2. The van der Waals surface area contributed by atoms with Crippen molar-refractivity contribution in [2.75, 3.05) is 13.2 Å². The average molecular weight is 1060 g/mol. The van der Waals surface area contributed by atoms with Crippen molar-refractivity contribution in [3.63, 3.8) is 0 Å². The summed E-state index contributed by atoms with van der Waals surface area (Å²) in [7, 11) is 0.